The number of likely N-dealkylation sites (tertiary alicyclic amines) is 1. The lowest BCUT2D eigenvalue weighted by atomic mass is 10.1. The molecular formula is C18H25N2O3+. The van der Waals surface area contributed by atoms with Gasteiger partial charge in [-0.2, -0.15) is 4.48 Å². The van der Waals surface area contributed by atoms with Gasteiger partial charge in [-0.25, -0.2) is 9.59 Å². The van der Waals surface area contributed by atoms with Crippen molar-refractivity contribution in [1.82, 2.24) is 5.32 Å². The molecule has 3 amide bonds. The fourth-order valence-corrected chi connectivity index (χ4v) is 3.18. The Morgan fingerprint density at radius 3 is 2.61 bits per heavy atom. The number of amides is 3. The summed E-state index contributed by atoms with van der Waals surface area (Å²) < 4.78 is -0.0639. The summed E-state index contributed by atoms with van der Waals surface area (Å²) >= 11 is 0. The lowest BCUT2D eigenvalue weighted by molar-refractivity contribution is -0.780. The number of hydrogen-bond donors (Lipinski definition) is 1. The number of imide groups is 1. The van der Waals surface area contributed by atoms with E-state index in [1.54, 1.807) is 0 Å². The minimum atomic E-state index is -0.0639. The molecule has 2 rings (SSSR count). The Morgan fingerprint density at radius 1 is 1.26 bits per heavy atom. The van der Waals surface area contributed by atoms with Crippen LogP contribution in [0.15, 0.2) is 30.3 Å². The molecule has 1 aromatic rings. The highest BCUT2D eigenvalue weighted by Crippen LogP contribution is 2.26. The molecule has 0 aromatic heterocycles. The summed E-state index contributed by atoms with van der Waals surface area (Å²) in [5.41, 5.74) is 1.05. The van der Waals surface area contributed by atoms with Gasteiger partial charge >= 0.3 is 12.3 Å². The summed E-state index contributed by atoms with van der Waals surface area (Å²) in [5.74, 6) is -0.116. The first-order valence-corrected chi connectivity index (χ1v) is 8.26. The van der Waals surface area contributed by atoms with Crippen molar-refractivity contribution in [1.29, 1.82) is 0 Å². The van der Waals surface area contributed by atoms with Gasteiger partial charge in [0.15, 0.2) is 0 Å². The van der Waals surface area contributed by atoms with Crippen LogP contribution in [-0.4, -0.2) is 35.3 Å². The van der Waals surface area contributed by atoms with Crippen LogP contribution in [0.25, 0.3) is 0 Å². The highest BCUT2D eigenvalue weighted by Gasteiger charge is 2.45. The lowest BCUT2D eigenvalue weighted by Crippen LogP contribution is -2.53. The number of nitrogens with zero attached hydrogens (tertiary/aromatic N) is 1. The molecule has 0 bridgehead atoms. The Morgan fingerprint density at radius 2 is 2.00 bits per heavy atom. The van der Waals surface area contributed by atoms with E-state index in [0.717, 1.165) is 24.8 Å². The van der Waals surface area contributed by atoms with Gasteiger partial charge in [0.1, 0.15) is 6.04 Å². The van der Waals surface area contributed by atoms with Gasteiger partial charge in [0.25, 0.3) is 0 Å². The molecule has 124 valence electrons. The quantitative estimate of drug-likeness (QED) is 0.619. The fourth-order valence-electron chi connectivity index (χ4n) is 3.18. The van der Waals surface area contributed by atoms with Crippen LogP contribution in [0.1, 0.15) is 44.6 Å². The zero-order valence-electron chi connectivity index (χ0n) is 13.7. The standard InChI is InChI=1S/C18H24N2O3/c1-15-7-6-12-20(15,14-21)18(23)11-5-10-17(22)19-13-16-8-3-2-4-9-16/h2-4,8-9,14-15H,5-7,10-13H2,1H3/p+1/t15-,20?/m1/s1. The van der Waals surface area contributed by atoms with E-state index in [9.17, 15) is 14.4 Å². The van der Waals surface area contributed by atoms with E-state index in [2.05, 4.69) is 5.32 Å². The second kappa shape index (κ2) is 8.02. The highest BCUT2D eigenvalue weighted by atomic mass is 16.2. The van der Waals surface area contributed by atoms with Gasteiger partial charge < -0.3 is 5.32 Å². The van der Waals surface area contributed by atoms with Crippen LogP contribution in [0.2, 0.25) is 0 Å². The van der Waals surface area contributed by atoms with E-state index in [4.69, 9.17) is 0 Å². The van der Waals surface area contributed by atoms with Gasteiger partial charge in [0.2, 0.25) is 5.91 Å². The largest absolute Gasteiger partial charge is 0.352 e. The summed E-state index contributed by atoms with van der Waals surface area (Å²) in [6, 6.07) is 9.77. The zero-order valence-corrected chi connectivity index (χ0v) is 13.7. The van der Waals surface area contributed by atoms with Crippen LogP contribution in [0.3, 0.4) is 0 Å². The van der Waals surface area contributed by atoms with Gasteiger partial charge in [-0.3, -0.25) is 4.79 Å². The first kappa shape index (κ1) is 17.3. The maximum Gasteiger partial charge on any atom is 0.321 e. The van der Waals surface area contributed by atoms with E-state index in [1.807, 2.05) is 37.3 Å². The van der Waals surface area contributed by atoms with E-state index >= 15 is 0 Å². The number of benzene rings is 1. The summed E-state index contributed by atoms with van der Waals surface area (Å²) in [6.07, 6.45) is 3.67. The SMILES string of the molecule is C[C@@H]1CCC[N+]1(C=O)C(=O)CCCC(=O)NCc1ccccc1. The smallest absolute Gasteiger partial charge is 0.321 e. The fraction of sp³-hybridized carbons (Fsp3) is 0.500. The van der Waals surface area contributed by atoms with Crippen LogP contribution < -0.4 is 5.32 Å². The molecule has 0 aliphatic carbocycles. The molecular weight excluding hydrogens is 292 g/mol. The van der Waals surface area contributed by atoms with Gasteiger partial charge in [-0.05, 0) is 18.9 Å². The topological polar surface area (TPSA) is 63.2 Å². The third-order valence-corrected chi connectivity index (χ3v) is 4.72. The first-order valence-electron chi connectivity index (χ1n) is 8.26. The van der Waals surface area contributed by atoms with Crippen LogP contribution in [-0.2, 0) is 20.9 Å². The van der Waals surface area contributed by atoms with E-state index in [0.29, 0.717) is 25.9 Å². The van der Waals surface area contributed by atoms with Crippen molar-refractivity contribution in [2.45, 2.75) is 51.6 Å². The van der Waals surface area contributed by atoms with Gasteiger partial charge in [-0.15, -0.1) is 0 Å². The Balaban J connectivity index is 1.73. The second-order valence-corrected chi connectivity index (χ2v) is 6.26. The van der Waals surface area contributed by atoms with Crippen molar-refractivity contribution in [3.8, 4) is 0 Å². The number of hydrogen-bond acceptors (Lipinski definition) is 3. The second-order valence-electron chi connectivity index (χ2n) is 6.26. The molecule has 1 fully saturated rings. The van der Waals surface area contributed by atoms with E-state index in [1.165, 1.54) is 0 Å². The minimum Gasteiger partial charge on any atom is -0.352 e. The number of carbonyl (C=O) groups is 3. The molecule has 1 aliphatic rings. The minimum absolute atomic E-state index is 0.0548. The molecule has 1 aliphatic heterocycles. The molecule has 0 saturated carbocycles. The summed E-state index contributed by atoms with van der Waals surface area (Å²) in [7, 11) is 0. The Hall–Kier alpha value is -2.01. The Bertz CT molecular complexity index is 559. The normalized spacial score (nSPS) is 23.4. The van der Waals surface area contributed by atoms with E-state index < -0.39 is 0 Å². The Labute approximate surface area is 137 Å². The molecule has 0 spiro atoms. The molecule has 0 radical (unpaired) electrons. The number of nitrogens with one attached hydrogen (secondary N) is 1. The maximum atomic E-state index is 12.4. The molecule has 1 N–H and O–H groups in total. The number of carbonyl (C=O) groups excluding carboxylic acids is 3. The first-order chi connectivity index (χ1) is 11.1. The molecule has 1 unspecified atom stereocenters. The van der Waals surface area contributed by atoms with Crippen molar-refractivity contribution in [2.75, 3.05) is 6.54 Å². The Kier molecular flexibility index (Phi) is 6.04. The molecule has 5 heteroatoms. The van der Waals surface area contributed by atoms with Crippen molar-refractivity contribution in [2.24, 2.45) is 0 Å². The highest BCUT2D eigenvalue weighted by molar-refractivity contribution is 5.78. The maximum absolute atomic E-state index is 12.4. The molecule has 23 heavy (non-hydrogen) atoms. The van der Waals surface area contributed by atoms with Crippen molar-refractivity contribution < 1.29 is 18.9 Å². The third-order valence-electron chi connectivity index (χ3n) is 4.72. The average molecular weight is 317 g/mol. The van der Waals surface area contributed by atoms with Crippen LogP contribution in [0.5, 0.6) is 0 Å². The summed E-state index contributed by atoms with van der Waals surface area (Å²) in [4.78, 5) is 35.6. The summed E-state index contributed by atoms with van der Waals surface area (Å²) in [5, 5.41) is 2.85. The van der Waals surface area contributed by atoms with Crippen LogP contribution in [0.4, 0.5) is 0 Å². The molecule has 2 atom stereocenters. The van der Waals surface area contributed by atoms with Crippen molar-refractivity contribution >= 4 is 18.2 Å². The van der Waals surface area contributed by atoms with Crippen molar-refractivity contribution in [3.63, 3.8) is 0 Å². The van der Waals surface area contributed by atoms with Crippen molar-refractivity contribution in [3.05, 3.63) is 35.9 Å². The van der Waals surface area contributed by atoms with E-state index in [-0.39, 0.29) is 28.8 Å². The van der Waals surface area contributed by atoms with Gasteiger partial charge in [-0.1, -0.05) is 30.3 Å². The van der Waals surface area contributed by atoms with Gasteiger partial charge in [0.05, 0.1) is 13.0 Å². The molecule has 1 heterocycles. The lowest BCUT2D eigenvalue weighted by Gasteiger charge is -2.28. The third kappa shape index (κ3) is 4.26. The summed E-state index contributed by atoms with van der Waals surface area (Å²) in [6.45, 7) is 3.05. The van der Waals surface area contributed by atoms with Gasteiger partial charge in [0, 0.05) is 25.8 Å². The predicted octanol–water partition coefficient (Wildman–Crippen LogP) is 2.16. The zero-order chi connectivity index (χ0) is 16.7. The molecule has 5 nitrogen and oxygen atoms in total. The molecule has 1 aromatic carbocycles. The number of quaternary nitrogens is 1. The average Bonchev–Trinajstić information content (AvgIpc) is 2.95. The number of rotatable bonds is 7. The van der Waals surface area contributed by atoms with Crippen LogP contribution in [0, 0.1) is 0 Å². The predicted molar refractivity (Wildman–Crippen MR) is 87.0 cm³/mol. The molecule has 1 saturated heterocycles. The van der Waals surface area contributed by atoms with Crippen LogP contribution >= 0.6 is 0 Å². The monoisotopic (exact) mass is 317 g/mol.